The van der Waals surface area contributed by atoms with E-state index in [1.807, 2.05) is 31.2 Å². The molecule has 0 N–H and O–H groups in total. The van der Waals surface area contributed by atoms with Gasteiger partial charge in [-0.05, 0) is 49.2 Å². The molecule has 5 nitrogen and oxygen atoms in total. The molecular weight excluding hydrogens is 366 g/mol. The molecule has 1 heterocycles. The summed E-state index contributed by atoms with van der Waals surface area (Å²) in [5.74, 6) is -0.993. The summed E-state index contributed by atoms with van der Waals surface area (Å²) in [6.07, 6.45) is 0.740. The molecule has 2 aromatic carbocycles. The Bertz CT molecular complexity index is 863. The number of benzene rings is 2. The number of hydrogen-bond donors (Lipinski definition) is 0. The smallest absolute Gasteiger partial charge is 0.306 e. The lowest BCUT2D eigenvalue weighted by atomic mass is 10.1. The van der Waals surface area contributed by atoms with Crippen LogP contribution in [0.25, 0.3) is 0 Å². The lowest BCUT2D eigenvalue weighted by molar-refractivity contribution is -0.147. The van der Waals surface area contributed by atoms with Gasteiger partial charge in [0.25, 0.3) is 5.91 Å². The van der Waals surface area contributed by atoms with Crippen molar-refractivity contribution in [3.8, 4) is 0 Å². The van der Waals surface area contributed by atoms with E-state index in [0.717, 1.165) is 17.7 Å². The maximum absolute atomic E-state index is 12.5. The Morgan fingerprint density at radius 1 is 1.07 bits per heavy atom. The number of para-hydroxylation sites is 1. The van der Waals surface area contributed by atoms with Crippen LogP contribution in [0, 0.1) is 0 Å². The second-order valence-corrected chi connectivity index (χ2v) is 6.97. The fourth-order valence-electron chi connectivity index (χ4n) is 3.23. The molecule has 0 aromatic heterocycles. The Morgan fingerprint density at radius 3 is 2.52 bits per heavy atom. The molecule has 0 bridgehead atoms. The van der Waals surface area contributed by atoms with Crippen molar-refractivity contribution >= 4 is 34.9 Å². The van der Waals surface area contributed by atoms with Crippen LogP contribution in [-0.4, -0.2) is 30.3 Å². The van der Waals surface area contributed by atoms with Gasteiger partial charge in [-0.15, -0.1) is 0 Å². The molecular formula is C21H20ClNO4. The molecule has 1 unspecified atom stereocenters. The van der Waals surface area contributed by atoms with Crippen molar-refractivity contribution in [2.45, 2.75) is 32.2 Å². The first-order chi connectivity index (χ1) is 13.0. The quantitative estimate of drug-likeness (QED) is 0.560. The standard InChI is InChI=1S/C21H20ClNO4/c1-14-12-16-4-2-3-5-18(16)23(14)20(25)13-27-21(26)11-10-19(24)15-6-8-17(22)9-7-15/h2-9,14H,10-13H2,1H3. The largest absolute Gasteiger partial charge is 0.456 e. The molecule has 0 aliphatic carbocycles. The number of ketones is 1. The lowest BCUT2D eigenvalue weighted by Gasteiger charge is -2.22. The number of anilines is 1. The molecule has 27 heavy (non-hydrogen) atoms. The molecule has 1 amide bonds. The molecule has 6 heteroatoms. The lowest BCUT2D eigenvalue weighted by Crippen LogP contribution is -2.38. The molecule has 1 aliphatic rings. The van der Waals surface area contributed by atoms with Crippen molar-refractivity contribution in [1.82, 2.24) is 0 Å². The van der Waals surface area contributed by atoms with Crippen LogP contribution >= 0.6 is 11.6 Å². The van der Waals surface area contributed by atoms with Crippen LogP contribution in [0.2, 0.25) is 5.02 Å². The molecule has 0 spiro atoms. The van der Waals surface area contributed by atoms with E-state index in [-0.39, 0.29) is 37.2 Å². The first-order valence-electron chi connectivity index (χ1n) is 8.80. The van der Waals surface area contributed by atoms with E-state index in [0.29, 0.717) is 10.6 Å². The fraction of sp³-hybridized carbons (Fsp3) is 0.286. The van der Waals surface area contributed by atoms with Gasteiger partial charge in [-0.2, -0.15) is 0 Å². The third-order valence-electron chi connectivity index (χ3n) is 4.55. The highest BCUT2D eigenvalue weighted by atomic mass is 35.5. The predicted octanol–water partition coefficient (Wildman–Crippen LogP) is 3.82. The minimum atomic E-state index is -0.564. The van der Waals surface area contributed by atoms with Gasteiger partial charge in [-0.1, -0.05) is 29.8 Å². The molecule has 140 valence electrons. The number of ether oxygens (including phenoxy) is 1. The summed E-state index contributed by atoms with van der Waals surface area (Å²) < 4.78 is 5.08. The van der Waals surface area contributed by atoms with Gasteiger partial charge in [0.2, 0.25) is 0 Å². The second kappa shape index (κ2) is 8.35. The second-order valence-electron chi connectivity index (χ2n) is 6.54. The van der Waals surface area contributed by atoms with E-state index < -0.39 is 5.97 Å². The van der Waals surface area contributed by atoms with E-state index in [2.05, 4.69) is 0 Å². The van der Waals surface area contributed by atoms with Gasteiger partial charge in [0.1, 0.15) is 0 Å². The Balaban J connectivity index is 1.48. The average molecular weight is 386 g/mol. The summed E-state index contributed by atoms with van der Waals surface area (Å²) in [6.45, 7) is 1.64. The number of carbonyl (C=O) groups excluding carboxylic acids is 3. The molecule has 0 saturated heterocycles. The van der Waals surface area contributed by atoms with Gasteiger partial charge < -0.3 is 9.64 Å². The van der Waals surface area contributed by atoms with Crippen LogP contribution < -0.4 is 4.90 Å². The van der Waals surface area contributed by atoms with Crippen molar-refractivity contribution < 1.29 is 19.1 Å². The average Bonchev–Trinajstić information content (AvgIpc) is 3.00. The van der Waals surface area contributed by atoms with Gasteiger partial charge in [0.05, 0.1) is 6.42 Å². The number of Topliss-reactive ketones (excluding diaryl/α,β-unsaturated/α-hetero) is 1. The Hall–Kier alpha value is -2.66. The molecule has 3 rings (SSSR count). The molecule has 0 fully saturated rings. The molecule has 0 radical (unpaired) electrons. The predicted molar refractivity (Wildman–Crippen MR) is 103 cm³/mol. The van der Waals surface area contributed by atoms with Crippen LogP contribution in [0.1, 0.15) is 35.7 Å². The zero-order chi connectivity index (χ0) is 19.4. The van der Waals surface area contributed by atoms with Crippen LogP contribution in [-0.2, 0) is 20.7 Å². The highest BCUT2D eigenvalue weighted by Gasteiger charge is 2.30. The van der Waals surface area contributed by atoms with Crippen LogP contribution in [0.4, 0.5) is 5.69 Å². The van der Waals surface area contributed by atoms with E-state index >= 15 is 0 Å². The summed E-state index contributed by atoms with van der Waals surface area (Å²) in [6, 6.07) is 14.2. The molecule has 0 saturated carbocycles. The molecule has 1 aliphatic heterocycles. The molecule has 1 atom stereocenters. The van der Waals surface area contributed by atoms with Crippen LogP contribution in [0.5, 0.6) is 0 Å². The number of esters is 1. The van der Waals surface area contributed by atoms with Gasteiger partial charge in [0.15, 0.2) is 12.4 Å². The molecule has 2 aromatic rings. The minimum Gasteiger partial charge on any atom is -0.456 e. The first kappa shape index (κ1) is 19.1. The van der Waals surface area contributed by atoms with E-state index in [4.69, 9.17) is 16.3 Å². The summed E-state index contributed by atoms with van der Waals surface area (Å²) in [5, 5.41) is 0.544. The summed E-state index contributed by atoms with van der Waals surface area (Å²) in [5.41, 5.74) is 2.47. The third kappa shape index (κ3) is 4.55. The zero-order valence-corrected chi connectivity index (χ0v) is 15.7. The zero-order valence-electron chi connectivity index (χ0n) is 15.0. The van der Waals surface area contributed by atoms with Gasteiger partial charge in [-0.3, -0.25) is 14.4 Å². The minimum absolute atomic E-state index is 0.0254. The number of fused-ring (bicyclic) bond motifs is 1. The van der Waals surface area contributed by atoms with Gasteiger partial charge >= 0.3 is 5.97 Å². The summed E-state index contributed by atoms with van der Waals surface area (Å²) >= 11 is 5.79. The van der Waals surface area contributed by atoms with Gasteiger partial charge in [0, 0.05) is 28.7 Å². The van der Waals surface area contributed by atoms with Crippen molar-refractivity contribution in [1.29, 1.82) is 0 Å². The highest BCUT2D eigenvalue weighted by molar-refractivity contribution is 6.30. The summed E-state index contributed by atoms with van der Waals surface area (Å²) in [7, 11) is 0. The number of nitrogens with zero attached hydrogens (tertiary/aromatic N) is 1. The Morgan fingerprint density at radius 2 is 1.78 bits per heavy atom. The van der Waals surface area contributed by atoms with Crippen molar-refractivity contribution in [3.05, 3.63) is 64.7 Å². The summed E-state index contributed by atoms with van der Waals surface area (Å²) in [4.78, 5) is 38.1. The number of halogens is 1. The number of hydrogen-bond acceptors (Lipinski definition) is 4. The number of amides is 1. The van der Waals surface area contributed by atoms with Crippen molar-refractivity contribution in [3.63, 3.8) is 0 Å². The first-order valence-corrected chi connectivity index (χ1v) is 9.18. The monoisotopic (exact) mass is 385 g/mol. The maximum atomic E-state index is 12.5. The highest BCUT2D eigenvalue weighted by Crippen LogP contribution is 2.31. The van der Waals surface area contributed by atoms with E-state index in [1.54, 1.807) is 29.2 Å². The van der Waals surface area contributed by atoms with E-state index in [9.17, 15) is 14.4 Å². The Kier molecular flexibility index (Phi) is 5.91. The van der Waals surface area contributed by atoms with Crippen molar-refractivity contribution in [2.24, 2.45) is 0 Å². The van der Waals surface area contributed by atoms with Crippen molar-refractivity contribution in [2.75, 3.05) is 11.5 Å². The van der Waals surface area contributed by atoms with Gasteiger partial charge in [-0.25, -0.2) is 0 Å². The van der Waals surface area contributed by atoms with Crippen LogP contribution in [0.3, 0.4) is 0 Å². The maximum Gasteiger partial charge on any atom is 0.306 e. The van der Waals surface area contributed by atoms with E-state index in [1.165, 1.54) is 0 Å². The number of carbonyl (C=O) groups is 3. The Labute approximate surface area is 162 Å². The van der Waals surface area contributed by atoms with Crippen LogP contribution in [0.15, 0.2) is 48.5 Å². The SMILES string of the molecule is CC1Cc2ccccc2N1C(=O)COC(=O)CCC(=O)c1ccc(Cl)cc1. The normalized spacial score (nSPS) is 15.3. The third-order valence-corrected chi connectivity index (χ3v) is 4.81. The number of rotatable bonds is 6. The topological polar surface area (TPSA) is 63.7 Å². The fourth-order valence-corrected chi connectivity index (χ4v) is 3.35.